The van der Waals surface area contributed by atoms with Crippen molar-refractivity contribution in [2.24, 2.45) is 5.92 Å². The van der Waals surface area contributed by atoms with Crippen LogP contribution in [-0.4, -0.2) is 12.1 Å². The second-order valence-electron chi connectivity index (χ2n) is 5.69. The minimum atomic E-state index is -0.0205. The number of ether oxygens (including phenoxy) is 1. The molecule has 1 fully saturated rings. The molecule has 0 amide bonds. The van der Waals surface area contributed by atoms with Crippen molar-refractivity contribution in [1.82, 2.24) is 0 Å². The van der Waals surface area contributed by atoms with Gasteiger partial charge >= 0.3 is 5.97 Å². The van der Waals surface area contributed by atoms with E-state index in [1.165, 1.54) is 18.4 Å². The fraction of sp³-hybridized carbons (Fsp3) is 0.588. The maximum Gasteiger partial charge on any atom is 0.306 e. The Morgan fingerprint density at radius 2 is 1.95 bits per heavy atom. The molecule has 0 radical (unpaired) electrons. The lowest BCUT2D eigenvalue weighted by Gasteiger charge is -2.23. The van der Waals surface area contributed by atoms with E-state index in [9.17, 15) is 4.79 Å². The number of carbonyl (C=O) groups excluding carboxylic acids is 1. The number of cyclic esters (lactones) is 1. The van der Waals surface area contributed by atoms with E-state index in [4.69, 9.17) is 4.74 Å². The highest BCUT2D eigenvalue weighted by Crippen LogP contribution is 2.23. The molecule has 2 atom stereocenters. The standard InChI is InChI=1S/C17H24O2/c1-14-12-16(13-15-8-4-2-5-9-15)10-6-3-7-11-17(18)19-14/h2,4-5,8-9,14,16H,3,6-7,10-13H2,1H3. The van der Waals surface area contributed by atoms with Crippen LogP contribution in [0.3, 0.4) is 0 Å². The Morgan fingerprint density at radius 1 is 1.16 bits per heavy atom. The molecule has 19 heavy (non-hydrogen) atoms. The van der Waals surface area contributed by atoms with Crippen LogP contribution in [0.4, 0.5) is 0 Å². The predicted molar refractivity (Wildman–Crippen MR) is 76.9 cm³/mol. The Morgan fingerprint density at radius 3 is 2.74 bits per heavy atom. The van der Waals surface area contributed by atoms with Gasteiger partial charge in [0.05, 0.1) is 6.10 Å². The van der Waals surface area contributed by atoms with Crippen LogP contribution in [0.2, 0.25) is 0 Å². The fourth-order valence-corrected chi connectivity index (χ4v) is 2.93. The molecule has 1 aromatic carbocycles. The molecule has 2 rings (SSSR count). The van der Waals surface area contributed by atoms with Gasteiger partial charge < -0.3 is 4.74 Å². The number of esters is 1. The summed E-state index contributed by atoms with van der Waals surface area (Å²) in [6.45, 7) is 2.03. The van der Waals surface area contributed by atoms with Crippen LogP contribution in [0.25, 0.3) is 0 Å². The SMILES string of the molecule is CC1CC(Cc2ccccc2)CCCCCC(=O)O1. The Kier molecular flexibility index (Phi) is 5.44. The van der Waals surface area contributed by atoms with E-state index < -0.39 is 0 Å². The normalized spacial score (nSPS) is 25.6. The van der Waals surface area contributed by atoms with E-state index in [1.54, 1.807) is 0 Å². The van der Waals surface area contributed by atoms with Crippen LogP contribution >= 0.6 is 0 Å². The van der Waals surface area contributed by atoms with Crippen molar-refractivity contribution in [2.45, 2.75) is 58.0 Å². The van der Waals surface area contributed by atoms with Crippen LogP contribution in [0.5, 0.6) is 0 Å². The van der Waals surface area contributed by atoms with Crippen molar-refractivity contribution in [2.75, 3.05) is 0 Å². The minimum Gasteiger partial charge on any atom is -0.463 e. The second kappa shape index (κ2) is 7.32. The first-order valence-corrected chi connectivity index (χ1v) is 7.47. The van der Waals surface area contributed by atoms with Gasteiger partial charge in [0.15, 0.2) is 0 Å². The molecule has 0 spiro atoms. The van der Waals surface area contributed by atoms with Crippen molar-refractivity contribution in [3.05, 3.63) is 35.9 Å². The van der Waals surface area contributed by atoms with E-state index in [0.717, 1.165) is 25.7 Å². The van der Waals surface area contributed by atoms with E-state index in [-0.39, 0.29) is 12.1 Å². The highest BCUT2D eigenvalue weighted by Gasteiger charge is 2.18. The average Bonchev–Trinajstić information content (AvgIpc) is 2.38. The van der Waals surface area contributed by atoms with Gasteiger partial charge in [-0.15, -0.1) is 0 Å². The molecule has 1 aliphatic rings. The average molecular weight is 260 g/mol. The Bertz CT molecular complexity index is 386. The molecule has 0 N–H and O–H groups in total. The van der Waals surface area contributed by atoms with E-state index >= 15 is 0 Å². The summed E-state index contributed by atoms with van der Waals surface area (Å²) in [6, 6.07) is 10.6. The first-order valence-electron chi connectivity index (χ1n) is 7.47. The third-order valence-corrected chi connectivity index (χ3v) is 3.86. The van der Waals surface area contributed by atoms with E-state index in [2.05, 4.69) is 30.3 Å². The molecular weight excluding hydrogens is 236 g/mol. The van der Waals surface area contributed by atoms with Gasteiger partial charge in [-0.2, -0.15) is 0 Å². The lowest BCUT2D eigenvalue weighted by Crippen LogP contribution is -2.21. The molecule has 0 bridgehead atoms. The molecule has 1 heterocycles. The molecule has 2 heteroatoms. The summed E-state index contributed by atoms with van der Waals surface area (Å²) in [5.74, 6) is 0.608. The van der Waals surface area contributed by atoms with Crippen molar-refractivity contribution >= 4 is 5.97 Å². The molecule has 2 nitrogen and oxygen atoms in total. The lowest BCUT2D eigenvalue weighted by molar-refractivity contribution is -0.149. The van der Waals surface area contributed by atoms with Gasteiger partial charge in [-0.3, -0.25) is 4.79 Å². The summed E-state index contributed by atoms with van der Waals surface area (Å²) in [6.07, 6.45) is 7.34. The molecule has 2 unspecified atom stereocenters. The molecule has 1 aromatic rings. The van der Waals surface area contributed by atoms with Gasteiger partial charge in [-0.05, 0) is 44.1 Å². The van der Waals surface area contributed by atoms with Gasteiger partial charge in [-0.1, -0.05) is 43.2 Å². The monoisotopic (exact) mass is 260 g/mol. The van der Waals surface area contributed by atoms with Gasteiger partial charge in [-0.25, -0.2) is 0 Å². The number of rotatable bonds is 2. The van der Waals surface area contributed by atoms with Crippen LogP contribution in [-0.2, 0) is 16.0 Å². The molecule has 0 aromatic heterocycles. The Balaban J connectivity index is 1.94. The van der Waals surface area contributed by atoms with Crippen molar-refractivity contribution in [1.29, 1.82) is 0 Å². The van der Waals surface area contributed by atoms with Crippen LogP contribution in [0.15, 0.2) is 30.3 Å². The lowest BCUT2D eigenvalue weighted by atomic mass is 9.89. The maximum atomic E-state index is 11.6. The third kappa shape index (κ3) is 5.06. The zero-order valence-corrected chi connectivity index (χ0v) is 11.8. The zero-order chi connectivity index (χ0) is 13.5. The minimum absolute atomic E-state index is 0.0205. The molecule has 1 saturated heterocycles. The largest absolute Gasteiger partial charge is 0.463 e. The summed E-state index contributed by atoms with van der Waals surface area (Å²) in [7, 11) is 0. The molecule has 104 valence electrons. The van der Waals surface area contributed by atoms with E-state index in [1.807, 2.05) is 6.92 Å². The number of carbonyl (C=O) groups is 1. The van der Waals surface area contributed by atoms with E-state index in [0.29, 0.717) is 12.3 Å². The number of hydrogen-bond acceptors (Lipinski definition) is 2. The molecule has 1 aliphatic heterocycles. The topological polar surface area (TPSA) is 26.3 Å². The second-order valence-corrected chi connectivity index (χ2v) is 5.69. The third-order valence-electron chi connectivity index (χ3n) is 3.86. The van der Waals surface area contributed by atoms with Crippen LogP contribution in [0.1, 0.15) is 51.0 Å². The fourth-order valence-electron chi connectivity index (χ4n) is 2.93. The first-order chi connectivity index (χ1) is 9.24. The van der Waals surface area contributed by atoms with Gasteiger partial charge in [0.2, 0.25) is 0 Å². The number of hydrogen-bond donors (Lipinski definition) is 0. The summed E-state index contributed by atoms with van der Waals surface area (Å²) >= 11 is 0. The van der Waals surface area contributed by atoms with Crippen LogP contribution in [0, 0.1) is 5.92 Å². The quantitative estimate of drug-likeness (QED) is 0.747. The van der Waals surface area contributed by atoms with Gasteiger partial charge in [0.25, 0.3) is 0 Å². The Hall–Kier alpha value is -1.31. The summed E-state index contributed by atoms with van der Waals surface area (Å²) in [5.41, 5.74) is 1.39. The molecule has 0 saturated carbocycles. The maximum absolute atomic E-state index is 11.6. The molecule has 0 aliphatic carbocycles. The number of benzene rings is 1. The van der Waals surface area contributed by atoms with Crippen LogP contribution < -0.4 is 0 Å². The van der Waals surface area contributed by atoms with Gasteiger partial charge in [0.1, 0.15) is 0 Å². The summed E-state index contributed by atoms with van der Waals surface area (Å²) in [4.78, 5) is 11.6. The van der Waals surface area contributed by atoms with Gasteiger partial charge in [0, 0.05) is 6.42 Å². The first kappa shape index (κ1) is 14.1. The van der Waals surface area contributed by atoms with Crippen molar-refractivity contribution in [3.63, 3.8) is 0 Å². The summed E-state index contributed by atoms with van der Waals surface area (Å²) in [5, 5.41) is 0. The highest BCUT2D eigenvalue weighted by molar-refractivity contribution is 5.69. The Labute approximate surface area is 116 Å². The summed E-state index contributed by atoms with van der Waals surface area (Å²) < 4.78 is 5.46. The smallest absolute Gasteiger partial charge is 0.306 e. The molecular formula is C17H24O2. The highest BCUT2D eigenvalue weighted by atomic mass is 16.5. The zero-order valence-electron chi connectivity index (χ0n) is 11.8. The van der Waals surface area contributed by atoms with Crippen molar-refractivity contribution < 1.29 is 9.53 Å². The predicted octanol–water partition coefficient (Wildman–Crippen LogP) is 4.13. The van der Waals surface area contributed by atoms with Crippen molar-refractivity contribution in [3.8, 4) is 0 Å².